The summed E-state index contributed by atoms with van der Waals surface area (Å²) in [6, 6.07) is 0. The summed E-state index contributed by atoms with van der Waals surface area (Å²) in [6.45, 7) is 4.09. The van der Waals surface area contributed by atoms with Crippen LogP contribution in [-0.4, -0.2) is 29.2 Å². The molecule has 1 aliphatic heterocycles. The Bertz CT molecular complexity index is 291. The number of nitrogens with zero attached hydrogens (tertiary/aromatic N) is 2. The number of rotatable bonds is 3. The molecule has 1 N–H and O–H groups in total. The number of hydrogen-bond acceptors (Lipinski definition) is 4. The van der Waals surface area contributed by atoms with Crippen LogP contribution in [0.5, 0.6) is 0 Å². The average molecular weight is 244 g/mol. The van der Waals surface area contributed by atoms with Gasteiger partial charge in [0.25, 0.3) is 0 Å². The molecule has 1 saturated heterocycles. The number of halogens is 1. The van der Waals surface area contributed by atoms with Gasteiger partial charge in [0.2, 0.25) is 0 Å². The van der Waals surface area contributed by atoms with Gasteiger partial charge in [0.05, 0.1) is 24.1 Å². The van der Waals surface area contributed by atoms with Crippen molar-refractivity contribution >= 4 is 12.4 Å². The van der Waals surface area contributed by atoms with Gasteiger partial charge in [-0.3, -0.25) is 9.97 Å². The van der Waals surface area contributed by atoms with Crippen molar-refractivity contribution in [2.45, 2.75) is 32.0 Å². The maximum Gasteiger partial charge on any atom is 0.0986 e. The van der Waals surface area contributed by atoms with Crippen LogP contribution in [0, 0.1) is 0 Å². The lowest BCUT2D eigenvalue weighted by atomic mass is 10.1. The summed E-state index contributed by atoms with van der Waals surface area (Å²) in [5.74, 6) is 0. The van der Waals surface area contributed by atoms with Crippen LogP contribution in [-0.2, 0) is 4.74 Å². The Labute approximate surface area is 102 Å². The molecule has 0 spiro atoms. The summed E-state index contributed by atoms with van der Waals surface area (Å²) in [5, 5.41) is 3.33. The molecule has 0 amide bonds. The van der Waals surface area contributed by atoms with E-state index >= 15 is 0 Å². The predicted molar refractivity (Wildman–Crippen MR) is 64.7 cm³/mol. The Hall–Kier alpha value is -0.710. The average Bonchev–Trinajstić information content (AvgIpc) is 2.31. The molecule has 1 aliphatic rings. The molecule has 16 heavy (non-hydrogen) atoms. The molecule has 0 aliphatic carbocycles. The van der Waals surface area contributed by atoms with E-state index in [1.54, 1.807) is 18.6 Å². The number of aromatic nitrogens is 2. The largest absolute Gasteiger partial charge is 0.368 e. The van der Waals surface area contributed by atoms with Gasteiger partial charge in [-0.2, -0.15) is 0 Å². The molecule has 1 fully saturated rings. The lowest BCUT2D eigenvalue weighted by molar-refractivity contribution is -0.0171. The second-order valence-electron chi connectivity index (χ2n) is 3.88. The normalized spacial score (nSPS) is 22.2. The van der Waals surface area contributed by atoms with Crippen LogP contribution in [0.15, 0.2) is 18.6 Å². The van der Waals surface area contributed by atoms with Crippen molar-refractivity contribution in [3.8, 4) is 0 Å². The van der Waals surface area contributed by atoms with Gasteiger partial charge in [0.1, 0.15) is 0 Å². The predicted octanol–water partition coefficient (Wildman–Crippen LogP) is 1.73. The standard InChI is InChI=1S/C11H17N3O.ClH/c1-9(11-8-13-5-6-14-11)15-10-3-2-4-12-7-10;/h5-6,8-10,12H,2-4,7H2,1H3;1H/t9?,10-;/m0./s1. The van der Waals surface area contributed by atoms with Crippen LogP contribution < -0.4 is 5.32 Å². The lowest BCUT2D eigenvalue weighted by Crippen LogP contribution is -2.35. The fraction of sp³-hybridized carbons (Fsp3) is 0.636. The molecule has 0 aromatic carbocycles. The summed E-state index contributed by atoms with van der Waals surface area (Å²) in [6.07, 6.45) is 7.82. The minimum atomic E-state index is 0. The van der Waals surface area contributed by atoms with E-state index < -0.39 is 0 Å². The quantitative estimate of drug-likeness (QED) is 0.879. The summed E-state index contributed by atoms with van der Waals surface area (Å²) < 4.78 is 5.91. The van der Waals surface area contributed by atoms with E-state index in [1.165, 1.54) is 6.42 Å². The van der Waals surface area contributed by atoms with Gasteiger partial charge in [-0.15, -0.1) is 12.4 Å². The minimum Gasteiger partial charge on any atom is -0.368 e. The van der Waals surface area contributed by atoms with Crippen molar-refractivity contribution in [1.29, 1.82) is 0 Å². The minimum absolute atomic E-state index is 0. The molecule has 4 nitrogen and oxygen atoms in total. The van der Waals surface area contributed by atoms with E-state index in [2.05, 4.69) is 15.3 Å². The summed E-state index contributed by atoms with van der Waals surface area (Å²) in [4.78, 5) is 8.28. The topological polar surface area (TPSA) is 47.0 Å². The summed E-state index contributed by atoms with van der Waals surface area (Å²) >= 11 is 0. The fourth-order valence-corrected chi connectivity index (χ4v) is 1.81. The Kier molecular flexibility index (Phi) is 5.66. The molecule has 0 bridgehead atoms. The molecule has 0 saturated carbocycles. The first kappa shape index (κ1) is 13.4. The first-order valence-electron chi connectivity index (χ1n) is 5.48. The van der Waals surface area contributed by atoms with Gasteiger partial charge in [-0.25, -0.2) is 0 Å². The zero-order valence-electron chi connectivity index (χ0n) is 9.43. The Morgan fingerprint density at radius 2 is 2.38 bits per heavy atom. The maximum absolute atomic E-state index is 5.91. The van der Waals surface area contributed by atoms with Crippen molar-refractivity contribution in [2.75, 3.05) is 13.1 Å². The molecule has 5 heteroatoms. The smallest absolute Gasteiger partial charge is 0.0986 e. The summed E-state index contributed by atoms with van der Waals surface area (Å²) in [7, 11) is 0. The van der Waals surface area contributed by atoms with E-state index in [-0.39, 0.29) is 18.5 Å². The first-order valence-corrected chi connectivity index (χ1v) is 5.48. The maximum atomic E-state index is 5.91. The highest BCUT2D eigenvalue weighted by molar-refractivity contribution is 5.85. The van der Waals surface area contributed by atoms with Crippen molar-refractivity contribution in [2.24, 2.45) is 0 Å². The fourth-order valence-electron chi connectivity index (χ4n) is 1.81. The van der Waals surface area contributed by atoms with Crippen molar-refractivity contribution in [1.82, 2.24) is 15.3 Å². The zero-order chi connectivity index (χ0) is 10.5. The Morgan fingerprint density at radius 1 is 1.50 bits per heavy atom. The van der Waals surface area contributed by atoms with Gasteiger partial charge in [-0.1, -0.05) is 0 Å². The second kappa shape index (κ2) is 6.78. The molecular formula is C11H18ClN3O. The van der Waals surface area contributed by atoms with Crippen LogP contribution in [0.2, 0.25) is 0 Å². The van der Waals surface area contributed by atoms with Crippen LogP contribution >= 0.6 is 12.4 Å². The van der Waals surface area contributed by atoms with Crippen LogP contribution in [0.25, 0.3) is 0 Å². The molecule has 90 valence electrons. The highest BCUT2D eigenvalue weighted by atomic mass is 35.5. The highest BCUT2D eigenvalue weighted by Gasteiger charge is 2.17. The van der Waals surface area contributed by atoms with Gasteiger partial charge in [-0.05, 0) is 26.3 Å². The molecule has 1 aromatic heterocycles. The monoisotopic (exact) mass is 243 g/mol. The van der Waals surface area contributed by atoms with E-state index in [9.17, 15) is 0 Å². The first-order chi connectivity index (χ1) is 7.36. The summed E-state index contributed by atoms with van der Waals surface area (Å²) in [5.41, 5.74) is 0.906. The Balaban J connectivity index is 0.00000128. The SMILES string of the molecule is CC(O[C@H]1CCCNC1)c1cnccn1.Cl. The molecular weight excluding hydrogens is 226 g/mol. The van der Waals surface area contributed by atoms with E-state index in [0.29, 0.717) is 6.10 Å². The molecule has 1 unspecified atom stereocenters. The van der Waals surface area contributed by atoms with E-state index in [1.807, 2.05) is 6.92 Å². The lowest BCUT2D eigenvalue weighted by Gasteiger charge is -2.26. The number of hydrogen-bond donors (Lipinski definition) is 1. The van der Waals surface area contributed by atoms with Crippen LogP contribution in [0.4, 0.5) is 0 Å². The van der Waals surface area contributed by atoms with Gasteiger partial charge in [0, 0.05) is 18.9 Å². The molecule has 2 atom stereocenters. The van der Waals surface area contributed by atoms with Gasteiger partial charge in [0.15, 0.2) is 0 Å². The molecule has 1 aromatic rings. The van der Waals surface area contributed by atoms with Gasteiger partial charge >= 0.3 is 0 Å². The van der Waals surface area contributed by atoms with E-state index in [4.69, 9.17) is 4.74 Å². The van der Waals surface area contributed by atoms with Crippen LogP contribution in [0.3, 0.4) is 0 Å². The van der Waals surface area contributed by atoms with Crippen molar-refractivity contribution in [3.63, 3.8) is 0 Å². The second-order valence-corrected chi connectivity index (χ2v) is 3.88. The number of piperidine rings is 1. The van der Waals surface area contributed by atoms with Crippen LogP contribution in [0.1, 0.15) is 31.6 Å². The van der Waals surface area contributed by atoms with Gasteiger partial charge < -0.3 is 10.1 Å². The molecule has 2 rings (SSSR count). The third-order valence-electron chi connectivity index (χ3n) is 2.65. The molecule has 0 radical (unpaired) electrons. The Morgan fingerprint density at radius 3 is 3.00 bits per heavy atom. The molecule has 2 heterocycles. The number of nitrogens with one attached hydrogen (secondary N) is 1. The number of ether oxygens (including phenoxy) is 1. The third-order valence-corrected chi connectivity index (χ3v) is 2.65. The van der Waals surface area contributed by atoms with Crippen molar-refractivity contribution in [3.05, 3.63) is 24.3 Å². The highest BCUT2D eigenvalue weighted by Crippen LogP contribution is 2.18. The van der Waals surface area contributed by atoms with Crippen molar-refractivity contribution < 1.29 is 4.74 Å². The third kappa shape index (κ3) is 3.70. The van der Waals surface area contributed by atoms with E-state index in [0.717, 1.165) is 25.2 Å². The zero-order valence-corrected chi connectivity index (χ0v) is 10.2.